The molecule has 0 rings (SSSR count). The molecule has 1 nitrogen and oxygen atoms in total. The van der Waals surface area contributed by atoms with Crippen molar-refractivity contribution in [1.29, 1.82) is 0 Å². The Balaban J connectivity index is 4.38. The Hall–Kier alpha value is -0.460. The molecule has 0 radical (unpaired) electrons. The van der Waals surface area contributed by atoms with E-state index in [2.05, 4.69) is 46.5 Å². The second-order valence-electron chi connectivity index (χ2n) is 4.46. The van der Waals surface area contributed by atoms with E-state index in [-0.39, 0.29) is 0 Å². The van der Waals surface area contributed by atoms with E-state index in [9.17, 15) is 0 Å². The summed E-state index contributed by atoms with van der Waals surface area (Å²) in [6, 6.07) is 0.572. The van der Waals surface area contributed by atoms with Gasteiger partial charge in [-0.3, -0.25) is 0 Å². The van der Waals surface area contributed by atoms with Crippen molar-refractivity contribution in [3.8, 4) is 0 Å². The average molecular weight is 183 g/mol. The van der Waals surface area contributed by atoms with E-state index in [0.29, 0.717) is 12.0 Å². The van der Waals surface area contributed by atoms with Crippen LogP contribution in [-0.4, -0.2) is 6.04 Å². The Morgan fingerprint density at radius 2 is 1.69 bits per heavy atom. The van der Waals surface area contributed by atoms with E-state index < -0.39 is 0 Å². The lowest BCUT2D eigenvalue weighted by molar-refractivity contribution is 0.235. The quantitative estimate of drug-likeness (QED) is 0.665. The SMILES string of the molecule is C=CNC(C(C)C)C(CC)C(C)C. The van der Waals surface area contributed by atoms with Crippen LogP contribution in [0.25, 0.3) is 0 Å². The molecule has 0 bridgehead atoms. The maximum atomic E-state index is 3.75. The molecule has 0 aliphatic carbocycles. The summed E-state index contributed by atoms with van der Waals surface area (Å²) in [7, 11) is 0. The van der Waals surface area contributed by atoms with Gasteiger partial charge in [-0.15, -0.1) is 0 Å². The minimum atomic E-state index is 0.572. The summed E-state index contributed by atoms with van der Waals surface area (Å²) < 4.78 is 0. The Kier molecular flexibility index (Phi) is 5.85. The molecule has 1 heteroatoms. The Morgan fingerprint density at radius 1 is 1.15 bits per heavy atom. The Morgan fingerprint density at radius 3 is 1.92 bits per heavy atom. The van der Waals surface area contributed by atoms with Gasteiger partial charge in [0.15, 0.2) is 0 Å². The van der Waals surface area contributed by atoms with Crippen molar-refractivity contribution in [2.24, 2.45) is 17.8 Å². The lowest BCUT2D eigenvalue weighted by Gasteiger charge is -2.32. The average Bonchev–Trinajstić information content (AvgIpc) is 2.03. The smallest absolute Gasteiger partial charge is 0.0309 e. The third kappa shape index (κ3) is 3.84. The van der Waals surface area contributed by atoms with Crippen molar-refractivity contribution in [2.75, 3.05) is 0 Å². The van der Waals surface area contributed by atoms with E-state index in [1.54, 1.807) is 0 Å². The molecule has 0 saturated heterocycles. The predicted octanol–water partition coefficient (Wildman–Crippen LogP) is 3.43. The van der Waals surface area contributed by atoms with Crippen LogP contribution in [0.15, 0.2) is 12.8 Å². The van der Waals surface area contributed by atoms with Crippen molar-refractivity contribution in [2.45, 2.75) is 47.1 Å². The molecule has 13 heavy (non-hydrogen) atoms. The van der Waals surface area contributed by atoms with Crippen LogP contribution >= 0.6 is 0 Å². The fourth-order valence-corrected chi connectivity index (χ4v) is 2.09. The van der Waals surface area contributed by atoms with E-state index in [1.807, 2.05) is 6.20 Å². The van der Waals surface area contributed by atoms with Crippen LogP contribution in [0, 0.1) is 17.8 Å². The lowest BCUT2D eigenvalue weighted by Crippen LogP contribution is -2.39. The number of hydrogen-bond acceptors (Lipinski definition) is 1. The highest BCUT2D eigenvalue weighted by Crippen LogP contribution is 2.23. The Labute approximate surface area is 83.6 Å². The molecule has 0 aliphatic rings. The van der Waals surface area contributed by atoms with Gasteiger partial charge < -0.3 is 5.32 Å². The van der Waals surface area contributed by atoms with Gasteiger partial charge >= 0.3 is 0 Å². The first-order valence-corrected chi connectivity index (χ1v) is 5.41. The lowest BCUT2D eigenvalue weighted by atomic mass is 9.81. The fourth-order valence-electron chi connectivity index (χ4n) is 2.09. The highest BCUT2D eigenvalue weighted by Gasteiger charge is 2.24. The molecule has 0 aliphatic heterocycles. The summed E-state index contributed by atoms with van der Waals surface area (Å²) in [4.78, 5) is 0. The van der Waals surface area contributed by atoms with Crippen molar-refractivity contribution >= 4 is 0 Å². The summed E-state index contributed by atoms with van der Waals surface area (Å²) in [5.74, 6) is 2.16. The molecule has 78 valence electrons. The van der Waals surface area contributed by atoms with Crippen molar-refractivity contribution < 1.29 is 0 Å². The number of rotatable bonds is 6. The highest BCUT2D eigenvalue weighted by molar-refractivity contribution is 4.84. The van der Waals surface area contributed by atoms with Crippen LogP contribution < -0.4 is 5.32 Å². The topological polar surface area (TPSA) is 12.0 Å². The monoisotopic (exact) mass is 183 g/mol. The third-order valence-corrected chi connectivity index (χ3v) is 2.82. The van der Waals surface area contributed by atoms with Crippen LogP contribution in [0.4, 0.5) is 0 Å². The zero-order valence-corrected chi connectivity index (χ0v) is 9.80. The summed E-state index contributed by atoms with van der Waals surface area (Å²) in [6.45, 7) is 15.2. The largest absolute Gasteiger partial charge is 0.388 e. The molecule has 2 atom stereocenters. The van der Waals surface area contributed by atoms with Crippen LogP contribution in [0.3, 0.4) is 0 Å². The summed E-state index contributed by atoms with van der Waals surface area (Å²) in [5.41, 5.74) is 0. The van der Waals surface area contributed by atoms with Crippen LogP contribution in [0.2, 0.25) is 0 Å². The molecular formula is C12H25N. The molecule has 0 fully saturated rings. The highest BCUT2D eigenvalue weighted by atomic mass is 14.9. The van der Waals surface area contributed by atoms with Gasteiger partial charge in [0.05, 0.1) is 0 Å². The fraction of sp³-hybridized carbons (Fsp3) is 0.833. The Bertz CT molecular complexity index is 138. The van der Waals surface area contributed by atoms with Crippen LogP contribution in [0.5, 0.6) is 0 Å². The van der Waals surface area contributed by atoms with Gasteiger partial charge in [-0.2, -0.15) is 0 Å². The summed E-state index contributed by atoms with van der Waals surface area (Å²) in [6.07, 6.45) is 3.07. The zero-order chi connectivity index (χ0) is 10.4. The van der Waals surface area contributed by atoms with Gasteiger partial charge in [-0.05, 0) is 24.0 Å². The molecule has 2 unspecified atom stereocenters. The summed E-state index contributed by atoms with van der Waals surface area (Å²) >= 11 is 0. The van der Waals surface area contributed by atoms with Crippen LogP contribution in [-0.2, 0) is 0 Å². The van der Waals surface area contributed by atoms with Gasteiger partial charge in [0.2, 0.25) is 0 Å². The molecule has 0 aromatic rings. The normalized spacial score (nSPS) is 15.9. The van der Waals surface area contributed by atoms with Gasteiger partial charge in [0.1, 0.15) is 0 Å². The van der Waals surface area contributed by atoms with Crippen molar-refractivity contribution in [3.63, 3.8) is 0 Å². The summed E-state index contributed by atoms with van der Waals surface area (Å²) in [5, 5.41) is 3.38. The maximum absolute atomic E-state index is 3.75. The first kappa shape index (κ1) is 12.5. The van der Waals surface area contributed by atoms with E-state index in [0.717, 1.165) is 11.8 Å². The minimum Gasteiger partial charge on any atom is -0.388 e. The molecule has 0 aromatic heterocycles. The molecular weight excluding hydrogens is 158 g/mol. The number of hydrogen-bond donors (Lipinski definition) is 1. The van der Waals surface area contributed by atoms with Gasteiger partial charge in [0.25, 0.3) is 0 Å². The van der Waals surface area contributed by atoms with Gasteiger partial charge in [0, 0.05) is 6.04 Å². The first-order chi connectivity index (χ1) is 6.04. The first-order valence-electron chi connectivity index (χ1n) is 5.41. The second kappa shape index (κ2) is 6.06. The molecule has 0 spiro atoms. The zero-order valence-electron chi connectivity index (χ0n) is 9.80. The maximum Gasteiger partial charge on any atom is 0.0309 e. The van der Waals surface area contributed by atoms with Crippen molar-refractivity contribution in [3.05, 3.63) is 12.8 Å². The second-order valence-corrected chi connectivity index (χ2v) is 4.46. The molecule has 0 saturated carbocycles. The predicted molar refractivity (Wildman–Crippen MR) is 60.6 cm³/mol. The molecule has 0 heterocycles. The van der Waals surface area contributed by atoms with E-state index in [4.69, 9.17) is 0 Å². The minimum absolute atomic E-state index is 0.572. The molecule has 0 aromatic carbocycles. The van der Waals surface area contributed by atoms with E-state index >= 15 is 0 Å². The number of nitrogens with one attached hydrogen (secondary N) is 1. The standard InChI is InChI=1S/C12H25N/c1-7-11(9(3)4)12(10(5)6)13-8-2/h8-13H,2,7H2,1,3-6H3. The third-order valence-electron chi connectivity index (χ3n) is 2.82. The van der Waals surface area contributed by atoms with Crippen molar-refractivity contribution in [1.82, 2.24) is 5.32 Å². The molecule has 1 N–H and O–H groups in total. The van der Waals surface area contributed by atoms with Gasteiger partial charge in [-0.25, -0.2) is 0 Å². The van der Waals surface area contributed by atoms with E-state index in [1.165, 1.54) is 6.42 Å². The molecule has 0 amide bonds. The van der Waals surface area contributed by atoms with Gasteiger partial charge in [-0.1, -0.05) is 47.6 Å². The van der Waals surface area contributed by atoms with Crippen LogP contribution in [0.1, 0.15) is 41.0 Å².